The van der Waals surface area contributed by atoms with Gasteiger partial charge < -0.3 is 5.32 Å². The Hall–Kier alpha value is -1.06. The molecule has 2 rings (SSSR count). The predicted molar refractivity (Wildman–Crippen MR) is 69.3 cm³/mol. The Morgan fingerprint density at radius 1 is 1.25 bits per heavy atom. The van der Waals surface area contributed by atoms with Gasteiger partial charge in [-0.05, 0) is 29.9 Å². The fraction of sp³-hybridized carbons (Fsp3) is 0.417. The number of hydrogen-bond donors (Lipinski definition) is 1. The fourth-order valence-electron chi connectivity index (χ4n) is 1.86. The van der Waals surface area contributed by atoms with Crippen molar-refractivity contribution in [3.05, 3.63) is 29.8 Å². The molecule has 1 aromatic rings. The van der Waals surface area contributed by atoms with Crippen LogP contribution in [0.1, 0.15) is 5.56 Å². The molecule has 84 valence electrons. The minimum absolute atomic E-state index is 0.874. The Morgan fingerprint density at radius 2 is 1.94 bits per heavy atom. The van der Waals surface area contributed by atoms with E-state index in [2.05, 4.69) is 44.7 Å². The van der Waals surface area contributed by atoms with Crippen molar-refractivity contribution in [3.63, 3.8) is 0 Å². The van der Waals surface area contributed by atoms with Crippen LogP contribution in [0.15, 0.2) is 29.3 Å². The monoisotopic (exact) mass is 233 g/mol. The van der Waals surface area contributed by atoms with Crippen molar-refractivity contribution in [2.24, 2.45) is 4.99 Å². The van der Waals surface area contributed by atoms with E-state index in [0.717, 1.165) is 38.4 Å². The van der Waals surface area contributed by atoms with E-state index in [1.807, 2.05) is 12.1 Å². The Bertz CT molecular complexity index is 376. The van der Waals surface area contributed by atoms with E-state index >= 15 is 0 Å². The first-order valence-corrected chi connectivity index (χ1v) is 5.89. The maximum Gasteiger partial charge on any atom is 0.0739 e. The molecule has 1 aliphatic rings. The average molecular weight is 233 g/mol. The number of hydrogen-bond acceptors (Lipinski definition) is 4. The zero-order chi connectivity index (χ0) is 11.2. The number of aliphatic imine (C=N–C) groups is 1. The smallest absolute Gasteiger partial charge is 0.0739 e. The zero-order valence-electron chi connectivity index (χ0n) is 9.15. The Morgan fingerprint density at radius 3 is 2.56 bits per heavy atom. The van der Waals surface area contributed by atoms with Crippen LogP contribution in [0, 0.1) is 0 Å². The molecule has 16 heavy (non-hydrogen) atoms. The van der Waals surface area contributed by atoms with Gasteiger partial charge in [0.2, 0.25) is 0 Å². The largest absolute Gasteiger partial charge is 0.314 e. The van der Waals surface area contributed by atoms with Crippen LogP contribution in [-0.4, -0.2) is 36.2 Å². The topological polar surface area (TPSA) is 27.6 Å². The number of nitrogens with zero attached hydrogens (tertiary/aromatic N) is 2. The molecule has 0 radical (unpaired) electrons. The molecular weight excluding hydrogens is 218 g/mol. The van der Waals surface area contributed by atoms with Crippen molar-refractivity contribution < 1.29 is 0 Å². The average Bonchev–Trinajstić information content (AvgIpc) is 2.33. The minimum atomic E-state index is 0.874. The van der Waals surface area contributed by atoms with Crippen molar-refractivity contribution >= 4 is 23.1 Å². The highest BCUT2D eigenvalue weighted by atomic mass is 32.1. The molecule has 0 spiro atoms. The first kappa shape index (κ1) is 11.4. The summed E-state index contributed by atoms with van der Waals surface area (Å²) in [5.41, 5.74) is 2.20. The van der Waals surface area contributed by atoms with Gasteiger partial charge >= 0.3 is 0 Å². The fourth-order valence-corrected chi connectivity index (χ4v) is 1.96. The minimum Gasteiger partial charge on any atom is -0.314 e. The number of isothiocyanates is 1. The van der Waals surface area contributed by atoms with Gasteiger partial charge in [0.15, 0.2) is 0 Å². The predicted octanol–water partition coefficient (Wildman–Crippen LogP) is 1.83. The summed E-state index contributed by atoms with van der Waals surface area (Å²) in [7, 11) is 0. The van der Waals surface area contributed by atoms with Crippen LogP contribution in [0.3, 0.4) is 0 Å². The van der Waals surface area contributed by atoms with E-state index in [0.29, 0.717) is 0 Å². The van der Waals surface area contributed by atoms with Crippen LogP contribution in [-0.2, 0) is 6.54 Å². The maximum absolute atomic E-state index is 4.57. The lowest BCUT2D eigenvalue weighted by molar-refractivity contribution is 0.233. The summed E-state index contributed by atoms with van der Waals surface area (Å²) in [4.78, 5) is 6.39. The van der Waals surface area contributed by atoms with Crippen molar-refractivity contribution in [1.29, 1.82) is 0 Å². The highest BCUT2D eigenvalue weighted by Gasteiger charge is 2.09. The van der Waals surface area contributed by atoms with Crippen LogP contribution in [0.5, 0.6) is 0 Å². The second kappa shape index (κ2) is 5.87. The van der Waals surface area contributed by atoms with Crippen LogP contribution in [0.25, 0.3) is 0 Å². The van der Waals surface area contributed by atoms with Crippen LogP contribution < -0.4 is 5.32 Å². The Balaban J connectivity index is 1.96. The summed E-state index contributed by atoms with van der Waals surface area (Å²) in [6.07, 6.45) is 0. The molecule has 1 aromatic carbocycles. The molecule has 1 saturated heterocycles. The van der Waals surface area contributed by atoms with Crippen molar-refractivity contribution in [1.82, 2.24) is 10.2 Å². The molecule has 0 amide bonds. The Kier molecular flexibility index (Phi) is 4.19. The quantitative estimate of drug-likeness (QED) is 0.637. The maximum atomic E-state index is 4.57. The summed E-state index contributed by atoms with van der Waals surface area (Å²) < 4.78 is 0. The molecule has 1 aliphatic heterocycles. The van der Waals surface area contributed by atoms with Gasteiger partial charge in [-0.3, -0.25) is 4.90 Å². The highest BCUT2D eigenvalue weighted by molar-refractivity contribution is 7.78. The van der Waals surface area contributed by atoms with E-state index in [-0.39, 0.29) is 0 Å². The molecule has 0 unspecified atom stereocenters. The Labute approximate surface area is 101 Å². The zero-order valence-corrected chi connectivity index (χ0v) is 9.96. The van der Waals surface area contributed by atoms with Crippen LogP contribution >= 0.6 is 12.2 Å². The van der Waals surface area contributed by atoms with Gasteiger partial charge in [-0.1, -0.05) is 12.1 Å². The molecule has 0 bridgehead atoms. The molecule has 1 N–H and O–H groups in total. The molecular formula is C12H15N3S. The van der Waals surface area contributed by atoms with Gasteiger partial charge in [-0.15, -0.1) is 0 Å². The van der Waals surface area contributed by atoms with Crippen LogP contribution in [0.2, 0.25) is 0 Å². The van der Waals surface area contributed by atoms with Gasteiger partial charge in [-0.2, -0.15) is 4.99 Å². The van der Waals surface area contributed by atoms with Gasteiger partial charge in [0.05, 0.1) is 10.8 Å². The third kappa shape index (κ3) is 3.22. The summed E-state index contributed by atoms with van der Waals surface area (Å²) >= 11 is 4.57. The number of rotatable bonds is 3. The summed E-state index contributed by atoms with van der Waals surface area (Å²) in [6, 6.07) is 8.18. The molecule has 1 fully saturated rings. The normalized spacial score (nSPS) is 16.8. The van der Waals surface area contributed by atoms with E-state index in [4.69, 9.17) is 0 Å². The molecule has 0 saturated carbocycles. The molecule has 0 aliphatic carbocycles. The van der Waals surface area contributed by atoms with Gasteiger partial charge in [0.25, 0.3) is 0 Å². The molecule has 0 aromatic heterocycles. The summed E-state index contributed by atoms with van der Waals surface area (Å²) in [5, 5.41) is 5.72. The lowest BCUT2D eigenvalue weighted by Crippen LogP contribution is -2.42. The summed E-state index contributed by atoms with van der Waals surface area (Å²) in [6.45, 7) is 5.45. The third-order valence-electron chi connectivity index (χ3n) is 2.73. The van der Waals surface area contributed by atoms with E-state index in [1.54, 1.807) is 0 Å². The van der Waals surface area contributed by atoms with E-state index < -0.39 is 0 Å². The lowest BCUT2D eigenvalue weighted by atomic mass is 10.2. The molecule has 1 heterocycles. The SMILES string of the molecule is S=C=Nc1ccc(CN2CCNCC2)cc1. The first-order chi connectivity index (χ1) is 7.88. The summed E-state index contributed by atoms with van der Waals surface area (Å²) in [5.74, 6) is 0. The number of thiocarbonyl (C=S) groups is 1. The standard InChI is InChI=1S/C12H15N3S/c16-10-14-12-3-1-11(2-4-12)9-15-7-5-13-6-8-15/h1-4,13H,5-9H2. The van der Waals surface area contributed by atoms with E-state index in [1.165, 1.54) is 5.56 Å². The second-order valence-corrected chi connectivity index (χ2v) is 4.08. The van der Waals surface area contributed by atoms with Crippen molar-refractivity contribution in [2.75, 3.05) is 26.2 Å². The first-order valence-electron chi connectivity index (χ1n) is 5.48. The van der Waals surface area contributed by atoms with Gasteiger partial charge in [-0.25, -0.2) is 0 Å². The van der Waals surface area contributed by atoms with Gasteiger partial charge in [0.1, 0.15) is 0 Å². The molecule has 0 atom stereocenters. The highest BCUT2D eigenvalue weighted by Crippen LogP contribution is 2.13. The van der Waals surface area contributed by atoms with Crippen molar-refractivity contribution in [2.45, 2.75) is 6.54 Å². The lowest BCUT2D eigenvalue weighted by Gasteiger charge is -2.27. The number of piperazine rings is 1. The number of nitrogens with one attached hydrogen (secondary N) is 1. The number of benzene rings is 1. The van der Waals surface area contributed by atoms with Crippen LogP contribution in [0.4, 0.5) is 5.69 Å². The second-order valence-electron chi connectivity index (χ2n) is 3.90. The van der Waals surface area contributed by atoms with Crippen molar-refractivity contribution in [3.8, 4) is 0 Å². The molecule has 4 heteroatoms. The third-order valence-corrected chi connectivity index (χ3v) is 2.82. The van der Waals surface area contributed by atoms with Gasteiger partial charge in [0, 0.05) is 32.7 Å². The molecule has 3 nitrogen and oxygen atoms in total. The van der Waals surface area contributed by atoms with E-state index in [9.17, 15) is 0 Å².